The quantitative estimate of drug-likeness (QED) is 0.746. The van der Waals surface area contributed by atoms with E-state index in [9.17, 15) is 0 Å². The Morgan fingerprint density at radius 1 is 1.17 bits per heavy atom. The number of pyridine rings is 1. The molecule has 0 aliphatic rings. The number of hydrogen-bond acceptors (Lipinski definition) is 3. The molecular weight excluding hydrogens is 224 g/mol. The number of nitrogens with zero attached hydrogens (tertiary/aromatic N) is 3. The minimum Gasteiger partial charge on any atom is -0.323 e. The summed E-state index contributed by atoms with van der Waals surface area (Å²) in [6, 6.07) is 11.9. The first-order valence-corrected chi connectivity index (χ1v) is 5.91. The first-order valence-electron chi connectivity index (χ1n) is 5.91. The molecule has 18 heavy (non-hydrogen) atoms. The molecule has 0 fully saturated rings. The fourth-order valence-corrected chi connectivity index (χ4v) is 2.10. The Hall–Kier alpha value is -2.20. The molecule has 3 aromatic rings. The van der Waals surface area contributed by atoms with Crippen LogP contribution in [0.4, 0.5) is 0 Å². The fourth-order valence-electron chi connectivity index (χ4n) is 2.10. The van der Waals surface area contributed by atoms with Crippen molar-refractivity contribution in [1.82, 2.24) is 14.8 Å². The first-order chi connectivity index (χ1) is 8.77. The smallest absolute Gasteiger partial charge is 0.0872 e. The summed E-state index contributed by atoms with van der Waals surface area (Å²) in [6.45, 7) is 1.95. The van der Waals surface area contributed by atoms with Crippen LogP contribution in [0.3, 0.4) is 0 Å². The zero-order valence-corrected chi connectivity index (χ0v) is 10.1. The Bertz CT molecular complexity index is 671. The Labute approximate surface area is 105 Å². The highest BCUT2D eigenvalue weighted by Gasteiger charge is 2.13. The third-order valence-electron chi connectivity index (χ3n) is 2.94. The molecule has 0 spiro atoms. The zero-order valence-electron chi connectivity index (χ0n) is 10.1. The number of benzene rings is 1. The summed E-state index contributed by atoms with van der Waals surface area (Å²) in [5.74, 6) is 0. The Morgan fingerprint density at radius 3 is 2.72 bits per heavy atom. The average molecular weight is 238 g/mol. The zero-order chi connectivity index (χ0) is 12.5. The average Bonchev–Trinajstić information content (AvgIpc) is 2.79. The van der Waals surface area contributed by atoms with Gasteiger partial charge in [-0.2, -0.15) is 5.10 Å². The highest BCUT2D eigenvalue weighted by atomic mass is 15.3. The third-order valence-corrected chi connectivity index (χ3v) is 2.94. The largest absolute Gasteiger partial charge is 0.323 e. The lowest BCUT2D eigenvalue weighted by Crippen LogP contribution is -2.07. The monoisotopic (exact) mass is 238 g/mol. The van der Waals surface area contributed by atoms with Gasteiger partial charge in [-0.3, -0.25) is 4.98 Å². The van der Waals surface area contributed by atoms with Gasteiger partial charge in [-0.25, -0.2) is 4.68 Å². The van der Waals surface area contributed by atoms with E-state index in [2.05, 4.69) is 10.1 Å². The maximum atomic E-state index is 5.98. The van der Waals surface area contributed by atoms with Crippen LogP contribution in [0.1, 0.15) is 18.7 Å². The van der Waals surface area contributed by atoms with E-state index in [-0.39, 0.29) is 6.04 Å². The second-order valence-corrected chi connectivity index (χ2v) is 4.31. The van der Waals surface area contributed by atoms with Crippen LogP contribution in [0, 0.1) is 0 Å². The van der Waals surface area contributed by atoms with Crippen LogP contribution in [0.2, 0.25) is 0 Å². The van der Waals surface area contributed by atoms with E-state index in [4.69, 9.17) is 5.73 Å². The van der Waals surface area contributed by atoms with Crippen molar-refractivity contribution in [2.75, 3.05) is 0 Å². The standard InChI is InChI=1S/C14H14N4/c1-10(15)14-12-6-2-3-7-13(12)18(17-14)11-5-4-8-16-9-11/h2-10H,15H2,1H3. The molecule has 90 valence electrons. The number of nitrogens with two attached hydrogens (primary N) is 1. The SMILES string of the molecule is CC(N)c1nn(-c2cccnc2)c2ccccc12. The summed E-state index contributed by atoms with van der Waals surface area (Å²) in [4.78, 5) is 4.13. The van der Waals surface area contributed by atoms with Gasteiger partial charge in [0.15, 0.2) is 0 Å². The number of rotatable bonds is 2. The van der Waals surface area contributed by atoms with E-state index in [1.165, 1.54) is 0 Å². The molecule has 1 unspecified atom stereocenters. The van der Waals surface area contributed by atoms with E-state index in [1.54, 1.807) is 12.4 Å². The summed E-state index contributed by atoms with van der Waals surface area (Å²) < 4.78 is 1.89. The minimum atomic E-state index is -0.0900. The molecule has 3 rings (SSSR count). The van der Waals surface area contributed by atoms with Crippen LogP contribution in [0.25, 0.3) is 16.6 Å². The molecule has 2 heterocycles. The predicted octanol–water partition coefficient (Wildman–Crippen LogP) is 2.44. The number of hydrogen-bond donors (Lipinski definition) is 1. The van der Waals surface area contributed by atoms with Gasteiger partial charge in [0.05, 0.1) is 23.1 Å². The lowest BCUT2D eigenvalue weighted by molar-refractivity contribution is 0.750. The van der Waals surface area contributed by atoms with Crippen molar-refractivity contribution in [3.63, 3.8) is 0 Å². The van der Waals surface area contributed by atoms with Crippen LogP contribution < -0.4 is 5.73 Å². The van der Waals surface area contributed by atoms with Gasteiger partial charge < -0.3 is 5.73 Å². The van der Waals surface area contributed by atoms with E-state index in [0.717, 1.165) is 22.3 Å². The van der Waals surface area contributed by atoms with Crippen molar-refractivity contribution < 1.29 is 0 Å². The summed E-state index contributed by atoms with van der Waals surface area (Å²) >= 11 is 0. The maximum absolute atomic E-state index is 5.98. The maximum Gasteiger partial charge on any atom is 0.0872 e. The number of aromatic nitrogens is 3. The Kier molecular flexibility index (Phi) is 2.57. The Balaban J connectivity index is 2.31. The van der Waals surface area contributed by atoms with Gasteiger partial charge in [0.25, 0.3) is 0 Å². The summed E-state index contributed by atoms with van der Waals surface area (Å²) in [5.41, 5.74) is 8.89. The number of para-hydroxylation sites is 1. The van der Waals surface area contributed by atoms with Gasteiger partial charge in [-0.05, 0) is 25.1 Å². The van der Waals surface area contributed by atoms with Gasteiger partial charge in [0, 0.05) is 17.6 Å². The molecule has 0 saturated heterocycles. The molecular formula is C14H14N4. The molecule has 0 amide bonds. The van der Waals surface area contributed by atoms with Crippen LogP contribution in [0.5, 0.6) is 0 Å². The van der Waals surface area contributed by atoms with Crippen LogP contribution in [-0.2, 0) is 0 Å². The van der Waals surface area contributed by atoms with Crippen molar-refractivity contribution in [2.45, 2.75) is 13.0 Å². The Morgan fingerprint density at radius 2 is 2.00 bits per heavy atom. The lowest BCUT2D eigenvalue weighted by Gasteiger charge is -2.01. The van der Waals surface area contributed by atoms with E-state index in [0.29, 0.717) is 0 Å². The van der Waals surface area contributed by atoms with Crippen LogP contribution in [-0.4, -0.2) is 14.8 Å². The third kappa shape index (κ3) is 1.67. The normalized spacial score (nSPS) is 12.8. The number of fused-ring (bicyclic) bond motifs is 1. The van der Waals surface area contributed by atoms with Crippen molar-refractivity contribution >= 4 is 10.9 Å². The van der Waals surface area contributed by atoms with Crippen LogP contribution in [0.15, 0.2) is 48.8 Å². The molecule has 2 N–H and O–H groups in total. The second-order valence-electron chi connectivity index (χ2n) is 4.31. The summed E-state index contributed by atoms with van der Waals surface area (Å²) in [5, 5.41) is 5.70. The van der Waals surface area contributed by atoms with E-state index in [1.807, 2.05) is 48.0 Å². The van der Waals surface area contributed by atoms with Crippen molar-refractivity contribution in [1.29, 1.82) is 0 Å². The fraction of sp³-hybridized carbons (Fsp3) is 0.143. The summed E-state index contributed by atoms with van der Waals surface area (Å²) in [7, 11) is 0. The van der Waals surface area contributed by atoms with E-state index >= 15 is 0 Å². The lowest BCUT2D eigenvalue weighted by atomic mass is 10.1. The molecule has 0 radical (unpaired) electrons. The van der Waals surface area contributed by atoms with Crippen molar-refractivity contribution in [3.05, 3.63) is 54.5 Å². The highest BCUT2D eigenvalue weighted by molar-refractivity contribution is 5.83. The van der Waals surface area contributed by atoms with Gasteiger partial charge in [-0.15, -0.1) is 0 Å². The van der Waals surface area contributed by atoms with Gasteiger partial charge in [-0.1, -0.05) is 18.2 Å². The molecule has 0 aliphatic carbocycles. The second kappa shape index (κ2) is 4.23. The molecule has 2 aromatic heterocycles. The topological polar surface area (TPSA) is 56.7 Å². The predicted molar refractivity (Wildman–Crippen MR) is 71.5 cm³/mol. The molecule has 0 aliphatic heterocycles. The van der Waals surface area contributed by atoms with Gasteiger partial charge in [0.2, 0.25) is 0 Å². The summed E-state index contributed by atoms with van der Waals surface area (Å²) in [6.07, 6.45) is 3.55. The molecule has 0 saturated carbocycles. The minimum absolute atomic E-state index is 0.0900. The highest BCUT2D eigenvalue weighted by Crippen LogP contribution is 2.24. The van der Waals surface area contributed by atoms with Crippen molar-refractivity contribution in [2.24, 2.45) is 5.73 Å². The molecule has 0 bridgehead atoms. The first kappa shape index (κ1) is 10.9. The van der Waals surface area contributed by atoms with Gasteiger partial charge in [0.1, 0.15) is 0 Å². The van der Waals surface area contributed by atoms with Crippen molar-refractivity contribution in [3.8, 4) is 5.69 Å². The van der Waals surface area contributed by atoms with Crippen LogP contribution >= 0.6 is 0 Å². The van der Waals surface area contributed by atoms with Gasteiger partial charge >= 0.3 is 0 Å². The molecule has 1 aromatic carbocycles. The molecule has 4 heteroatoms. The molecule has 1 atom stereocenters. The van der Waals surface area contributed by atoms with E-state index < -0.39 is 0 Å². The molecule has 4 nitrogen and oxygen atoms in total.